The van der Waals surface area contributed by atoms with E-state index in [4.69, 9.17) is 4.74 Å². The molecule has 2 aromatic rings. The van der Waals surface area contributed by atoms with Crippen molar-refractivity contribution in [2.45, 2.75) is 51.6 Å². The van der Waals surface area contributed by atoms with Gasteiger partial charge in [0.15, 0.2) is 0 Å². The number of nitrogens with one attached hydrogen (secondary N) is 2. The number of rotatable bonds is 8. The Morgan fingerprint density at radius 2 is 1.90 bits per heavy atom. The number of ether oxygens (including phenoxy) is 1. The fraction of sp³-hybridized carbons (Fsp3) is 0.409. The van der Waals surface area contributed by atoms with Crippen LogP contribution < -0.4 is 10.6 Å². The summed E-state index contributed by atoms with van der Waals surface area (Å²) in [5.41, 5.74) is 2.74. The monoisotopic (exact) mass is 397 g/mol. The number of nitro groups is 1. The Bertz CT molecular complexity index is 863. The van der Waals surface area contributed by atoms with Crippen molar-refractivity contribution in [3.8, 4) is 0 Å². The Kier molecular flexibility index (Phi) is 7.05. The molecule has 1 aliphatic rings. The van der Waals surface area contributed by atoms with Crippen LogP contribution in [-0.4, -0.2) is 23.5 Å². The van der Waals surface area contributed by atoms with E-state index in [1.54, 1.807) is 37.3 Å². The number of nitrogens with zero attached hydrogens (tertiary/aromatic N) is 1. The zero-order valence-electron chi connectivity index (χ0n) is 16.6. The minimum Gasteiger partial charge on any atom is -0.462 e. The Labute approximate surface area is 170 Å². The van der Waals surface area contributed by atoms with Crippen LogP contribution in [0.15, 0.2) is 42.5 Å². The lowest BCUT2D eigenvalue weighted by atomic mass is 9.95. The predicted octanol–water partition coefficient (Wildman–Crippen LogP) is 5.13. The van der Waals surface area contributed by atoms with Crippen LogP contribution in [0.25, 0.3) is 0 Å². The molecule has 0 amide bonds. The predicted molar refractivity (Wildman–Crippen MR) is 113 cm³/mol. The van der Waals surface area contributed by atoms with Crippen molar-refractivity contribution < 1.29 is 14.5 Å². The number of para-hydroxylation sites is 1. The van der Waals surface area contributed by atoms with Gasteiger partial charge in [0.1, 0.15) is 0 Å². The minimum atomic E-state index is -0.384. The molecular weight excluding hydrogens is 370 g/mol. The topological polar surface area (TPSA) is 93.5 Å². The third-order valence-corrected chi connectivity index (χ3v) is 5.15. The lowest BCUT2D eigenvalue weighted by Gasteiger charge is -2.25. The Morgan fingerprint density at radius 1 is 1.14 bits per heavy atom. The Hall–Kier alpha value is -3.09. The molecule has 7 nitrogen and oxygen atoms in total. The number of hydrogen-bond acceptors (Lipinski definition) is 6. The van der Waals surface area contributed by atoms with Gasteiger partial charge in [0.25, 0.3) is 5.69 Å². The summed E-state index contributed by atoms with van der Waals surface area (Å²) in [7, 11) is 0. The van der Waals surface area contributed by atoms with E-state index in [9.17, 15) is 14.9 Å². The molecule has 1 aliphatic carbocycles. The summed E-state index contributed by atoms with van der Waals surface area (Å²) >= 11 is 0. The van der Waals surface area contributed by atoms with Crippen LogP contribution in [0.5, 0.6) is 0 Å². The van der Waals surface area contributed by atoms with Crippen LogP contribution >= 0.6 is 0 Å². The van der Waals surface area contributed by atoms with Crippen molar-refractivity contribution >= 4 is 23.0 Å². The van der Waals surface area contributed by atoms with Gasteiger partial charge in [-0.1, -0.05) is 37.5 Å². The van der Waals surface area contributed by atoms with Crippen molar-refractivity contribution in [2.24, 2.45) is 0 Å². The standard InChI is InChI=1S/C22H27N3O4/c1-2-29-22(26)16-12-13-19(24-18-9-4-3-5-10-18)20(14-16)23-15-17-8-6-7-11-21(17)25(27)28/h6-8,11-14,18,23-24H,2-5,9-10,15H2,1H3. The van der Waals surface area contributed by atoms with Crippen molar-refractivity contribution in [1.29, 1.82) is 0 Å². The van der Waals surface area contributed by atoms with Gasteiger partial charge < -0.3 is 15.4 Å². The Morgan fingerprint density at radius 3 is 2.62 bits per heavy atom. The summed E-state index contributed by atoms with van der Waals surface area (Å²) in [5.74, 6) is -0.384. The third-order valence-electron chi connectivity index (χ3n) is 5.15. The molecule has 0 spiro atoms. The number of carbonyl (C=O) groups excluding carboxylic acids is 1. The lowest BCUT2D eigenvalue weighted by molar-refractivity contribution is -0.385. The molecule has 0 atom stereocenters. The smallest absolute Gasteiger partial charge is 0.338 e. The molecule has 0 heterocycles. The first kappa shape index (κ1) is 20.6. The molecular formula is C22H27N3O4. The molecule has 29 heavy (non-hydrogen) atoms. The molecule has 1 fully saturated rings. The van der Waals surface area contributed by atoms with Gasteiger partial charge >= 0.3 is 5.97 Å². The maximum Gasteiger partial charge on any atom is 0.338 e. The molecule has 1 saturated carbocycles. The second-order valence-electron chi connectivity index (χ2n) is 7.20. The largest absolute Gasteiger partial charge is 0.462 e. The highest BCUT2D eigenvalue weighted by Gasteiger charge is 2.17. The second-order valence-corrected chi connectivity index (χ2v) is 7.20. The fourth-order valence-corrected chi connectivity index (χ4v) is 3.65. The van der Waals surface area contributed by atoms with Gasteiger partial charge in [-0.15, -0.1) is 0 Å². The number of anilines is 2. The first-order valence-electron chi connectivity index (χ1n) is 10.1. The van der Waals surface area contributed by atoms with Crippen LogP contribution in [-0.2, 0) is 11.3 Å². The molecule has 2 N–H and O–H groups in total. The molecule has 3 rings (SSSR count). The average Bonchev–Trinajstić information content (AvgIpc) is 2.74. The highest BCUT2D eigenvalue weighted by molar-refractivity contribution is 5.92. The molecule has 0 saturated heterocycles. The van der Waals surface area contributed by atoms with Gasteiger partial charge in [0, 0.05) is 24.2 Å². The minimum absolute atomic E-state index is 0.0725. The molecule has 0 aliphatic heterocycles. The van der Waals surface area contributed by atoms with Gasteiger partial charge in [-0.2, -0.15) is 0 Å². The SMILES string of the molecule is CCOC(=O)c1ccc(NC2CCCCC2)c(NCc2ccccc2[N+](=O)[O-])c1. The van der Waals surface area contributed by atoms with Crippen LogP contribution in [0, 0.1) is 10.1 Å². The summed E-state index contributed by atoms with van der Waals surface area (Å²) in [6, 6.07) is 12.4. The first-order chi connectivity index (χ1) is 14.1. The number of nitro benzene ring substituents is 1. The quantitative estimate of drug-likeness (QED) is 0.364. The third kappa shape index (κ3) is 5.47. The van der Waals surface area contributed by atoms with Gasteiger partial charge in [-0.3, -0.25) is 10.1 Å². The van der Waals surface area contributed by atoms with Gasteiger partial charge in [0.2, 0.25) is 0 Å². The van der Waals surface area contributed by atoms with Crippen LogP contribution in [0.4, 0.5) is 17.1 Å². The van der Waals surface area contributed by atoms with Crippen molar-refractivity contribution in [3.05, 3.63) is 63.7 Å². The average molecular weight is 397 g/mol. The molecule has 0 aromatic heterocycles. The summed E-state index contributed by atoms with van der Waals surface area (Å²) in [5, 5.41) is 18.1. The normalized spacial score (nSPS) is 14.2. The molecule has 0 radical (unpaired) electrons. The zero-order valence-corrected chi connectivity index (χ0v) is 16.6. The van der Waals surface area contributed by atoms with Crippen molar-refractivity contribution in [3.63, 3.8) is 0 Å². The molecule has 154 valence electrons. The lowest BCUT2D eigenvalue weighted by Crippen LogP contribution is -2.23. The van der Waals surface area contributed by atoms with E-state index < -0.39 is 0 Å². The maximum absolute atomic E-state index is 12.2. The zero-order chi connectivity index (χ0) is 20.6. The van der Waals surface area contributed by atoms with Gasteiger partial charge in [0.05, 0.1) is 28.5 Å². The van der Waals surface area contributed by atoms with E-state index in [-0.39, 0.29) is 23.1 Å². The summed E-state index contributed by atoms with van der Waals surface area (Å²) in [4.78, 5) is 23.1. The fourth-order valence-electron chi connectivity index (χ4n) is 3.65. The van der Waals surface area contributed by atoms with Crippen LogP contribution in [0.2, 0.25) is 0 Å². The van der Waals surface area contributed by atoms with E-state index >= 15 is 0 Å². The Balaban J connectivity index is 1.83. The van der Waals surface area contributed by atoms with Gasteiger partial charge in [-0.25, -0.2) is 4.79 Å². The highest BCUT2D eigenvalue weighted by atomic mass is 16.6. The molecule has 0 bridgehead atoms. The van der Waals surface area contributed by atoms with E-state index in [1.165, 1.54) is 25.3 Å². The number of esters is 1. The molecule has 7 heteroatoms. The summed E-state index contributed by atoms with van der Waals surface area (Å²) < 4.78 is 5.11. The van der Waals surface area contributed by atoms with E-state index in [0.717, 1.165) is 24.2 Å². The molecule has 0 unspecified atom stereocenters. The molecule has 2 aromatic carbocycles. The van der Waals surface area contributed by atoms with E-state index in [1.807, 2.05) is 6.07 Å². The van der Waals surface area contributed by atoms with Crippen molar-refractivity contribution in [2.75, 3.05) is 17.2 Å². The maximum atomic E-state index is 12.2. The van der Waals surface area contributed by atoms with Crippen LogP contribution in [0.1, 0.15) is 54.9 Å². The first-order valence-corrected chi connectivity index (χ1v) is 10.1. The summed E-state index contributed by atoms with van der Waals surface area (Å²) in [6.07, 6.45) is 5.91. The number of hydrogen-bond donors (Lipinski definition) is 2. The highest BCUT2D eigenvalue weighted by Crippen LogP contribution is 2.29. The van der Waals surface area contributed by atoms with Crippen molar-refractivity contribution in [1.82, 2.24) is 0 Å². The number of benzene rings is 2. The van der Waals surface area contributed by atoms with E-state index in [0.29, 0.717) is 23.8 Å². The number of carbonyl (C=O) groups is 1. The second kappa shape index (κ2) is 9.91. The summed E-state index contributed by atoms with van der Waals surface area (Å²) in [6.45, 7) is 2.35. The van der Waals surface area contributed by atoms with Crippen LogP contribution in [0.3, 0.4) is 0 Å². The van der Waals surface area contributed by atoms with E-state index in [2.05, 4.69) is 10.6 Å². The van der Waals surface area contributed by atoms with Gasteiger partial charge in [-0.05, 0) is 38.0 Å².